The van der Waals surface area contributed by atoms with Gasteiger partial charge in [0.15, 0.2) is 0 Å². The number of rotatable bonds is 5. The number of aromatic nitrogens is 1. The highest BCUT2D eigenvalue weighted by Crippen LogP contribution is 2.36. The van der Waals surface area contributed by atoms with Crippen LogP contribution in [0.3, 0.4) is 0 Å². The third-order valence-electron chi connectivity index (χ3n) is 5.87. The monoisotopic (exact) mass is 443 g/mol. The fraction of sp³-hybridized carbons (Fsp3) is 0.455. The molecule has 1 aromatic heterocycles. The lowest BCUT2D eigenvalue weighted by atomic mass is 9.73. The quantitative estimate of drug-likeness (QED) is 0.762. The maximum absolute atomic E-state index is 13.3. The van der Waals surface area contributed by atoms with Crippen LogP contribution in [0.5, 0.6) is 0 Å². The lowest BCUT2D eigenvalue weighted by Crippen LogP contribution is -2.47. The van der Waals surface area contributed by atoms with E-state index in [2.05, 4.69) is 37.2 Å². The summed E-state index contributed by atoms with van der Waals surface area (Å²) in [6.45, 7) is 3.86. The third-order valence-corrected chi connectivity index (χ3v) is 6.40. The number of amides is 1. The molecule has 0 saturated carbocycles. The maximum atomic E-state index is 13.3. The predicted molar refractivity (Wildman–Crippen MR) is 113 cm³/mol. The van der Waals surface area contributed by atoms with Crippen LogP contribution in [0.2, 0.25) is 0 Å². The number of hydrogen-bond donors (Lipinski definition) is 1. The lowest BCUT2D eigenvalue weighted by molar-refractivity contribution is -0.130. The van der Waals surface area contributed by atoms with Crippen molar-refractivity contribution in [3.63, 3.8) is 0 Å². The zero-order valence-electron chi connectivity index (χ0n) is 16.0. The fourth-order valence-corrected chi connectivity index (χ4v) is 4.44. The summed E-state index contributed by atoms with van der Waals surface area (Å²) in [7, 11) is 0. The first kappa shape index (κ1) is 19.4. The van der Waals surface area contributed by atoms with E-state index in [1.165, 1.54) is 12.8 Å². The Labute approximate surface area is 174 Å². The molecular weight excluding hydrogens is 418 g/mol. The maximum Gasteiger partial charge on any atom is 0.231 e. The molecule has 0 unspecified atom stereocenters. The van der Waals surface area contributed by atoms with Crippen LogP contribution < -0.4 is 10.2 Å². The molecule has 0 spiro atoms. The number of halogens is 1. The number of hydrogen-bond acceptors (Lipinski definition) is 4. The third kappa shape index (κ3) is 4.08. The summed E-state index contributed by atoms with van der Waals surface area (Å²) in [6, 6.07) is 12.2. The van der Waals surface area contributed by atoms with Gasteiger partial charge in [-0.05, 0) is 61.1 Å². The Balaban J connectivity index is 1.49. The Hall–Kier alpha value is -1.92. The Morgan fingerprint density at radius 1 is 1.14 bits per heavy atom. The zero-order valence-corrected chi connectivity index (χ0v) is 17.6. The summed E-state index contributed by atoms with van der Waals surface area (Å²) in [5.41, 5.74) is 1.62. The SMILES string of the molecule is O=C(NCc1ccnc(N2CCCC2)c1)C1(c2ccc(Br)cc2)CCOCC1. The molecule has 148 valence electrons. The van der Waals surface area contributed by atoms with Gasteiger partial charge < -0.3 is 15.0 Å². The smallest absolute Gasteiger partial charge is 0.231 e. The van der Waals surface area contributed by atoms with E-state index in [1.54, 1.807) is 0 Å². The number of carbonyl (C=O) groups excluding carboxylic acids is 1. The van der Waals surface area contributed by atoms with Gasteiger partial charge in [-0.2, -0.15) is 0 Å². The van der Waals surface area contributed by atoms with Gasteiger partial charge in [0.2, 0.25) is 5.91 Å². The van der Waals surface area contributed by atoms with Gasteiger partial charge in [-0.3, -0.25) is 4.79 Å². The molecule has 1 amide bonds. The van der Waals surface area contributed by atoms with Crippen LogP contribution in [0.4, 0.5) is 5.82 Å². The number of ether oxygens (including phenoxy) is 1. The van der Waals surface area contributed by atoms with Crippen molar-refractivity contribution < 1.29 is 9.53 Å². The number of anilines is 1. The molecule has 0 aliphatic carbocycles. The van der Waals surface area contributed by atoms with E-state index in [0.29, 0.717) is 32.6 Å². The van der Waals surface area contributed by atoms with E-state index in [1.807, 2.05) is 36.5 Å². The van der Waals surface area contributed by atoms with Gasteiger partial charge in [0.25, 0.3) is 0 Å². The predicted octanol–water partition coefficient (Wildman–Crippen LogP) is 3.81. The van der Waals surface area contributed by atoms with Crippen LogP contribution in [-0.2, 0) is 21.5 Å². The molecule has 2 fully saturated rings. The molecule has 4 rings (SSSR count). The molecule has 2 aliphatic heterocycles. The van der Waals surface area contributed by atoms with E-state index >= 15 is 0 Å². The van der Waals surface area contributed by atoms with Crippen molar-refractivity contribution in [1.82, 2.24) is 10.3 Å². The first-order chi connectivity index (χ1) is 13.7. The molecule has 6 heteroatoms. The normalized spacial score (nSPS) is 18.8. The highest BCUT2D eigenvalue weighted by Gasteiger charge is 2.41. The van der Waals surface area contributed by atoms with Crippen molar-refractivity contribution in [2.75, 3.05) is 31.2 Å². The molecule has 0 atom stereocenters. The van der Waals surface area contributed by atoms with Gasteiger partial charge in [0, 0.05) is 43.5 Å². The van der Waals surface area contributed by atoms with Crippen molar-refractivity contribution >= 4 is 27.7 Å². The van der Waals surface area contributed by atoms with Crippen molar-refractivity contribution in [3.05, 3.63) is 58.2 Å². The summed E-state index contributed by atoms with van der Waals surface area (Å²) in [5, 5.41) is 3.19. The van der Waals surface area contributed by atoms with Crippen LogP contribution in [0.15, 0.2) is 47.1 Å². The van der Waals surface area contributed by atoms with Crippen LogP contribution >= 0.6 is 15.9 Å². The molecule has 1 N–H and O–H groups in total. The van der Waals surface area contributed by atoms with Gasteiger partial charge in [0.05, 0.1) is 5.41 Å². The van der Waals surface area contributed by atoms with Crippen molar-refractivity contribution in [2.24, 2.45) is 0 Å². The minimum absolute atomic E-state index is 0.0812. The van der Waals surface area contributed by atoms with Crippen LogP contribution in [0.1, 0.15) is 36.8 Å². The number of benzene rings is 1. The molecule has 5 nitrogen and oxygen atoms in total. The van der Waals surface area contributed by atoms with Gasteiger partial charge in [0.1, 0.15) is 5.82 Å². The first-order valence-corrected chi connectivity index (χ1v) is 10.8. The summed E-state index contributed by atoms with van der Waals surface area (Å²) in [6.07, 6.45) is 5.70. The first-order valence-electron chi connectivity index (χ1n) is 9.99. The standard InChI is InChI=1S/C22H26BrN3O2/c23-19-5-3-18(4-6-19)22(8-13-28-14-9-22)21(27)25-16-17-7-10-24-20(15-17)26-11-1-2-12-26/h3-7,10,15H,1-2,8-9,11-14,16H2,(H,25,27). The number of nitrogens with zero attached hydrogens (tertiary/aromatic N) is 2. The van der Waals surface area contributed by atoms with Gasteiger partial charge in [-0.15, -0.1) is 0 Å². The van der Waals surface area contributed by atoms with E-state index in [9.17, 15) is 4.79 Å². The van der Waals surface area contributed by atoms with Gasteiger partial charge in [-0.1, -0.05) is 28.1 Å². The molecular formula is C22H26BrN3O2. The zero-order chi connectivity index (χ0) is 19.4. The summed E-state index contributed by atoms with van der Waals surface area (Å²) in [5.74, 6) is 1.09. The fourth-order valence-electron chi connectivity index (χ4n) is 4.18. The number of carbonyl (C=O) groups is 1. The minimum Gasteiger partial charge on any atom is -0.381 e. The molecule has 28 heavy (non-hydrogen) atoms. The summed E-state index contributed by atoms with van der Waals surface area (Å²) in [4.78, 5) is 20.1. The molecule has 2 aliphatic rings. The summed E-state index contributed by atoms with van der Waals surface area (Å²) >= 11 is 3.48. The second-order valence-electron chi connectivity index (χ2n) is 7.60. The second kappa shape index (κ2) is 8.62. The highest BCUT2D eigenvalue weighted by atomic mass is 79.9. The Morgan fingerprint density at radius 2 is 1.86 bits per heavy atom. The van der Waals surface area contributed by atoms with Crippen molar-refractivity contribution in [1.29, 1.82) is 0 Å². The topological polar surface area (TPSA) is 54.5 Å². The van der Waals surface area contributed by atoms with E-state index in [4.69, 9.17) is 4.74 Å². The Kier molecular flexibility index (Phi) is 5.97. The molecule has 0 bridgehead atoms. The number of nitrogens with one attached hydrogen (secondary N) is 1. The molecule has 0 radical (unpaired) electrons. The van der Waals surface area contributed by atoms with Crippen LogP contribution in [0.25, 0.3) is 0 Å². The molecule has 3 heterocycles. The van der Waals surface area contributed by atoms with Gasteiger partial charge in [-0.25, -0.2) is 4.98 Å². The van der Waals surface area contributed by atoms with Crippen molar-refractivity contribution in [2.45, 2.75) is 37.6 Å². The van der Waals surface area contributed by atoms with Crippen LogP contribution in [0, 0.1) is 0 Å². The largest absolute Gasteiger partial charge is 0.381 e. The lowest BCUT2D eigenvalue weighted by Gasteiger charge is -2.36. The number of pyridine rings is 1. The highest BCUT2D eigenvalue weighted by molar-refractivity contribution is 9.10. The van der Waals surface area contributed by atoms with E-state index in [0.717, 1.165) is 34.5 Å². The van der Waals surface area contributed by atoms with E-state index in [-0.39, 0.29) is 5.91 Å². The molecule has 1 aromatic carbocycles. The Bertz CT molecular complexity index is 813. The average Bonchev–Trinajstić information content (AvgIpc) is 3.28. The average molecular weight is 444 g/mol. The van der Waals surface area contributed by atoms with Crippen molar-refractivity contribution in [3.8, 4) is 0 Å². The minimum atomic E-state index is -0.524. The van der Waals surface area contributed by atoms with Gasteiger partial charge >= 0.3 is 0 Å². The Morgan fingerprint density at radius 3 is 2.57 bits per heavy atom. The second-order valence-corrected chi connectivity index (χ2v) is 8.52. The molecule has 2 saturated heterocycles. The summed E-state index contributed by atoms with van der Waals surface area (Å²) < 4.78 is 6.57. The molecule has 2 aromatic rings. The van der Waals surface area contributed by atoms with Crippen LogP contribution in [-0.4, -0.2) is 37.2 Å². The van der Waals surface area contributed by atoms with E-state index < -0.39 is 5.41 Å².